The molecule has 0 aromatic rings. The number of aliphatic carboxylic acids is 1. The molecular formula is C8H19N3O2. The predicted molar refractivity (Wildman–Crippen MR) is 51.4 cm³/mol. The number of rotatable bonds is 6. The Morgan fingerprint density at radius 1 is 1.54 bits per heavy atom. The first-order valence-electron chi connectivity index (χ1n) is 4.34. The molecule has 0 aliphatic rings. The van der Waals surface area contributed by atoms with Gasteiger partial charge < -0.3 is 21.5 Å². The van der Waals surface area contributed by atoms with Crippen LogP contribution in [0.15, 0.2) is 0 Å². The molecule has 5 N–H and O–H groups in total. The summed E-state index contributed by atoms with van der Waals surface area (Å²) in [6, 6.07) is -0.643. The molecule has 0 amide bonds. The molecule has 0 rings (SSSR count). The number of carboxylic acid groups (broad SMARTS) is 1. The lowest BCUT2D eigenvalue weighted by atomic mass is 10.0. The van der Waals surface area contributed by atoms with E-state index in [9.17, 15) is 4.79 Å². The highest BCUT2D eigenvalue weighted by atomic mass is 16.4. The minimum atomic E-state index is -0.955. The second kappa shape index (κ2) is 5.90. The molecule has 0 aliphatic heterocycles. The van der Waals surface area contributed by atoms with Gasteiger partial charge in [0.15, 0.2) is 0 Å². The summed E-state index contributed by atoms with van der Waals surface area (Å²) in [6.45, 7) is 0.551. The van der Waals surface area contributed by atoms with Gasteiger partial charge in [-0.2, -0.15) is 0 Å². The van der Waals surface area contributed by atoms with Gasteiger partial charge in [0.05, 0.1) is 0 Å². The second-order valence-electron chi connectivity index (χ2n) is 3.38. The van der Waals surface area contributed by atoms with Gasteiger partial charge in [-0.15, -0.1) is 0 Å². The van der Waals surface area contributed by atoms with Crippen LogP contribution in [0.2, 0.25) is 0 Å². The fraction of sp³-hybridized carbons (Fsp3) is 0.875. The quantitative estimate of drug-likeness (QED) is 0.502. The lowest BCUT2D eigenvalue weighted by Crippen LogP contribution is -2.40. The van der Waals surface area contributed by atoms with E-state index < -0.39 is 12.0 Å². The second-order valence-corrected chi connectivity index (χ2v) is 3.38. The topological polar surface area (TPSA) is 92.6 Å². The van der Waals surface area contributed by atoms with Gasteiger partial charge in [-0.1, -0.05) is 0 Å². The van der Waals surface area contributed by atoms with Gasteiger partial charge in [0.1, 0.15) is 6.04 Å². The number of hydrogen-bond donors (Lipinski definition) is 3. The van der Waals surface area contributed by atoms with Crippen molar-refractivity contribution in [1.82, 2.24) is 4.90 Å². The monoisotopic (exact) mass is 189 g/mol. The molecule has 0 saturated carbocycles. The van der Waals surface area contributed by atoms with Gasteiger partial charge in [0.2, 0.25) is 0 Å². The van der Waals surface area contributed by atoms with E-state index in [4.69, 9.17) is 16.6 Å². The predicted octanol–water partition coefficient (Wildman–Crippen LogP) is -0.933. The van der Waals surface area contributed by atoms with Crippen LogP contribution in [0.25, 0.3) is 0 Å². The van der Waals surface area contributed by atoms with Crippen LogP contribution >= 0.6 is 0 Å². The van der Waals surface area contributed by atoms with Crippen LogP contribution in [-0.4, -0.2) is 48.7 Å². The van der Waals surface area contributed by atoms with Crippen LogP contribution in [0, 0.1) is 0 Å². The van der Waals surface area contributed by atoms with Gasteiger partial charge in [-0.05, 0) is 33.5 Å². The molecule has 5 heteroatoms. The van der Waals surface area contributed by atoms with Crippen LogP contribution < -0.4 is 11.5 Å². The number of nitrogens with zero attached hydrogens (tertiary/aromatic N) is 1. The van der Waals surface area contributed by atoms with E-state index in [2.05, 4.69) is 0 Å². The van der Waals surface area contributed by atoms with Crippen molar-refractivity contribution in [2.24, 2.45) is 11.5 Å². The molecule has 1 unspecified atom stereocenters. The summed E-state index contributed by atoms with van der Waals surface area (Å²) in [6.07, 6.45) is 1.22. The zero-order valence-electron chi connectivity index (χ0n) is 8.23. The molecule has 0 radical (unpaired) electrons. The molecule has 0 aromatic heterocycles. The van der Waals surface area contributed by atoms with E-state index in [1.165, 1.54) is 0 Å². The van der Waals surface area contributed by atoms with Crippen LogP contribution in [0.3, 0.4) is 0 Å². The first-order valence-corrected chi connectivity index (χ1v) is 4.34. The highest BCUT2D eigenvalue weighted by molar-refractivity contribution is 5.73. The van der Waals surface area contributed by atoms with E-state index in [0.717, 1.165) is 6.42 Å². The third kappa shape index (κ3) is 4.82. The summed E-state index contributed by atoms with van der Waals surface area (Å²) in [5.74, 6) is -0.955. The largest absolute Gasteiger partial charge is 0.480 e. The Morgan fingerprint density at radius 3 is 2.38 bits per heavy atom. The summed E-state index contributed by atoms with van der Waals surface area (Å²) >= 11 is 0. The Kier molecular flexibility index (Phi) is 5.61. The Bertz CT molecular complexity index is 161. The summed E-state index contributed by atoms with van der Waals surface area (Å²) in [4.78, 5) is 12.4. The molecule has 13 heavy (non-hydrogen) atoms. The fourth-order valence-corrected chi connectivity index (χ4v) is 1.17. The maximum atomic E-state index is 10.5. The van der Waals surface area contributed by atoms with Gasteiger partial charge >= 0.3 is 5.97 Å². The minimum absolute atomic E-state index is 0.149. The zero-order chi connectivity index (χ0) is 10.4. The highest BCUT2D eigenvalue weighted by Crippen LogP contribution is 2.06. The van der Waals surface area contributed by atoms with Crippen molar-refractivity contribution >= 4 is 5.97 Å². The van der Waals surface area contributed by atoms with Crippen molar-refractivity contribution in [1.29, 1.82) is 0 Å². The molecule has 0 bridgehead atoms. The summed E-state index contributed by atoms with van der Waals surface area (Å²) in [5, 5.41) is 8.61. The maximum absolute atomic E-state index is 10.5. The lowest BCUT2D eigenvalue weighted by Gasteiger charge is -2.25. The smallest absolute Gasteiger partial charge is 0.320 e. The first kappa shape index (κ1) is 12.3. The standard InChI is InChI=1S/C8H19N3O2/c1-11(2)6(3-4-9)5-7(10)8(12)13/h6-7H,3-5,9-10H2,1-2H3,(H,12,13)/t6?,7-/m0/s1. The van der Waals surface area contributed by atoms with Gasteiger partial charge in [0.25, 0.3) is 0 Å². The Morgan fingerprint density at radius 2 is 2.08 bits per heavy atom. The fourth-order valence-electron chi connectivity index (χ4n) is 1.17. The van der Waals surface area contributed by atoms with Crippen LogP contribution in [0.1, 0.15) is 12.8 Å². The van der Waals surface area contributed by atoms with Crippen molar-refractivity contribution in [3.8, 4) is 0 Å². The van der Waals surface area contributed by atoms with Crippen molar-refractivity contribution in [3.63, 3.8) is 0 Å². The van der Waals surface area contributed by atoms with Gasteiger partial charge in [0, 0.05) is 6.04 Å². The number of carboxylic acids is 1. The molecule has 5 nitrogen and oxygen atoms in total. The number of carbonyl (C=O) groups is 1. The molecule has 0 aromatic carbocycles. The van der Waals surface area contributed by atoms with Crippen LogP contribution in [-0.2, 0) is 4.79 Å². The first-order chi connectivity index (χ1) is 5.99. The Hall–Kier alpha value is -0.650. The normalized spacial score (nSPS) is 15.8. The van der Waals surface area contributed by atoms with E-state index >= 15 is 0 Å². The Labute approximate surface area is 78.7 Å². The molecule has 78 valence electrons. The van der Waals surface area contributed by atoms with Gasteiger partial charge in [-0.25, -0.2) is 0 Å². The molecule has 2 atom stereocenters. The minimum Gasteiger partial charge on any atom is -0.480 e. The van der Waals surface area contributed by atoms with Crippen molar-refractivity contribution in [2.45, 2.75) is 24.9 Å². The summed E-state index contributed by atoms with van der Waals surface area (Å²) in [7, 11) is 3.80. The average molecular weight is 189 g/mol. The molecular weight excluding hydrogens is 170 g/mol. The Balaban J connectivity index is 4.01. The van der Waals surface area contributed by atoms with Crippen LogP contribution in [0.4, 0.5) is 0 Å². The van der Waals surface area contributed by atoms with Crippen LogP contribution in [0.5, 0.6) is 0 Å². The molecule has 0 fully saturated rings. The number of hydrogen-bond acceptors (Lipinski definition) is 4. The molecule has 0 spiro atoms. The number of nitrogens with two attached hydrogens (primary N) is 2. The van der Waals surface area contributed by atoms with Crippen molar-refractivity contribution in [2.75, 3.05) is 20.6 Å². The van der Waals surface area contributed by atoms with Crippen molar-refractivity contribution in [3.05, 3.63) is 0 Å². The summed E-state index contributed by atoms with van der Waals surface area (Å²) in [5.41, 5.74) is 10.8. The van der Waals surface area contributed by atoms with Gasteiger partial charge in [-0.3, -0.25) is 4.79 Å². The maximum Gasteiger partial charge on any atom is 0.320 e. The third-order valence-corrected chi connectivity index (χ3v) is 2.07. The van der Waals surface area contributed by atoms with E-state index in [1.807, 2.05) is 19.0 Å². The highest BCUT2D eigenvalue weighted by Gasteiger charge is 2.19. The average Bonchev–Trinajstić information content (AvgIpc) is 2.03. The van der Waals surface area contributed by atoms with E-state index in [-0.39, 0.29) is 6.04 Å². The van der Waals surface area contributed by atoms with E-state index in [1.54, 1.807) is 0 Å². The molecule has 0 heterocycles. The van der Waals surface area contributed by atoms with E-state index in [0.29, 0.717) is 13.0 Å². The van der Waals surface area contributed by atoms with Crippen molar-refractivity contribution < 1.29 is 9.90 Å². The summed E-state index contributed by atoms with van der Waals surface area (Å²) < 4.78 is 0. The molecule has 0 saturated heterocycles. The molecule has 0 aliphatic carbocycles. The zero-order valence-corrected chi connectivity index (χ0v) is 8.23. The third-order valence-electron chi connectivity index (χ3n) is 2.07. The lowest BCUT2D eigenvalue weighted by molar-refractivity contribution is -0.139. The SMILES string of the molecule is CN(C)C(CCN)C[C@H](N)C(=O)O.